The molecule has 7 heteroatoms. The van der Waals surface area contributed by atoms with Crippen molar-refractivity contribution in [3.8, 4) is 0 Å². The summed E-state index contributed by atoms with van der Waals surface area (Å²) in [4.78, 5) is 7.69. The average molecular weight is 312 g/mol. The topological polar surface area (TPSA) is 89.8 Å². The lowest BCUT2D eigenvalue weighted by molar-refractivity contribution is 0.612. The van der Waals surface area contributed by atoms with Crippen LogP contribution in [-0.2, 0) is 6.54 Å². The molecule has 0 saturated heterocycles. The smallest absolute Gasteiger partial charge is 0.223 e. The van der Waals surface area contributed by atoms with E-state index in [1.807, 2.05) is 0 Å². The Bertz CT molecular complexity index is 555. The predicted octanol–water partition coefficient (Wildman–Crippen LogP) is 2.15. The maximum Gasteiger partial charge on any atom is 0.223 e. The minimum atomic E-state index is -0.291. The number of benzene rings is 1. The minimum absolute atomic E-state index is 0.0761. The minimum Gasteiger partial charge on any atom is -0.383 e. The van der Waals surface area contributed by atoms with Crippen molar-refractivity contribution in [1.82, 2.24) is 9.97 Å². The number of aromatic nitrogens is 2. The van der Waals surface area contributed by atoms with Crippen molar-refractivity contribution in [2.45, 2.75) is 6.54 Å². The van der Waals surface area contributed by atoms with Crippen LogP contribution in [0.3, 0.4) is 0 Å². The molecule has 0 atom stereocenters. The molecular weight excluding hydrogens is 301 g/mol. The van der Waals surface area contributed by atoms with Gasteiger partial charge in [-0.25, -0.2) is 4.39 Å². The monoisotopic (exact) mass is 311 g/mol. The number of nitrogen functional groups attached to an aromatic ring is 2. The van der Waals surface area contributed by atoms with Gasteiger partial charge >= 0.3 is 0 Å². The van der Waals surface area contributed by atoms with Gasteiger partial charge in [-0.2, -0.15) is 9.97 Å². The summed E-state index contributed by atoms with van der Waals surface area (Å²) in [5.74, 6) is 0.506. The van der Waals surface area contributed by atoms with E-state index in [9.17, 15) is 4.39 Å². The number of hydrogen-bond donors (Lipinski definition) is 3. The molecular formula is C11H11BrFN5. The summed E-state index contributed by atoms with van der Waals surface area (Å²) in [5.41, 5.74) is 11.5. The maximum atomic E-state index is 13.5. The van der Waals surface area contributed by atoms with E-state index >= 15 is 0 Å². The van der Waals surface area contributed by atoms with Crippen LogP contribution in [0.4, 0.5) is 22.0 Å². The third-order valence-corrected chi connectivity index (χ3v) is 2.72. The fraction of sp³-hybridized carbons (Fsp3) is 0.0909. The van der Waals surface area contributed by atoms with Crippen LogP contribution in [0.5, 0.6) is 0 Å². The summed E-state index contributed by atoms with van der Waals surface area (Å²) in [7, 11) is 0. The molecule has 0 saturated carbocycles. The van der Waals surface area contributed by atoms with Crippen molar-refractivity contribution < 1.29 is 4.39 Å². The molecule has 0 unspecified atom stereocenters. The van der Waals surface area contributed by atoms with Crippen LogP contribution in [0.1, 0.15) is 5.56 Å². The van der Waals surface area contributed by atoms with Crippen molar-refractivity contribution in [2.75, 3.05) is 16.8 Å². The van der Waals surface area contributed by atoms with E-state index in [4.69, 9.17) is 11.5 Å². The van der Waals surface area contributed by atoms with Gasteiger partial charge in [0.25, 0.3) is 0 Å². The van der Waals surface area contributed by atoms with E-state index in [-0.39, 0.29) is 24.1 Å². The van der Waals surface area contributed by atoms with E-state index < -0.39 is 0 Å². The van der Waals surface area contributed by atoms with Gasteiger partial charge in [-0.1, -0.05) is 15.9 Å². The average Bonchev–Trinajstić information content (AvgIpc) is 2.29. The van der Waals surface area contributed by atoms with Gasteiger partial charge in [0.1, 0.15) is 17.5 Å². The Labute approximate surface area is 112 Å². The largest absolute Gasteiger partial charge is 0.383 e. The zero-order valence-corrected chi connectivity index (χ0v) is 10.9. The molecule has 0 aliphatic heterocycles. The lowest BCUT2D eigenvalue weighted by Crippen LogP contribution is -2.07. The van der Waals surface area contributed by atoms with Crippen LogP contribution in [0.15, 0.2) is 28.7 Å². The molecule has 0 radical (unpaired) electrons. The molecule has 1 aromatic heterocycles. The number of nitrogens with two attached hydrogens (primary N) is 2. The highest BCUT2D eigenvalue weighted by molar-refractivity contribution is 9.10. The van der Waals surface area contributed by atoms with Gasteiger partial charge in [0.15, 0.2) is 0 Å². The Morgan fingerprint density at radius 1 is 1.22 bits per heavy atom. The Hall–Kier alpha value is -1.89. The van der Waals surface area contributed by atoms with Gasteiger partial charge in [-0.3, -0.25) is 0 Å². The standard InChI is InChI=1S/C11H11BrFN5/c12-7-1-2-8(13)6(3-7)5-16-10-4-9(14)17-11(15)18-10/h1-4H,5H2,(H5,14,15,16,17,18). The Morgan fingerprint density at radius 3 is 2.72 bits per heavy atom. The second-order valence-electron chi connectivity index (χ2n) is 3.63. The fourth-order valence-electron chi connectivity index (χ4n) is 1.44. The van der Waals surface area contributed by atoms with Crippen molar-refractivity contribution >= 4 is 33.5 Å². The first-order valence-corrected chi connectivity index (χ1v) is 5.92. The molecule has 0 aliphatic carbocycles. The van der Waals surface area contributed by atoms with Gasteiger partial charge in [0, 0.05) is 22.6 Å². The molecule has 1 heterocycles. The van der Waals surface area contributed by atoms with Crippen molar-refractivity contribution in [2.24, 2.45) is 0 Å². The summed E-state index contributed by atoms with van der Waals surface area (Å²) >= 11 is 3.29. The quantitative estimate of drug-likeness (QED) is 0.808. The Kier molecular flexibility index (Phi) is 3.61. The first-order valence-electron chi connectivity index (χ1n) is 5.12. The summed E-state index contributed by atoms with van der Waals surface area (Å²) in [6.45, 7) is 0.279. The predicted molar refractivity (Wildman–Crippen MR) is 72.3 cm³/mol. The van der Waals surface area contributed by atoms with Crippen LogP contribution in [0, 0.1) is 5.82 Å². The molecule has 0 bridgehead atoms. The first-order chi connectivity index (χ1) is 8.54. The van der Waals surface area contributed by atoms with E-state index in [0.717, 1.165) is 4.47 Å². The molecule has 2 aromatic rings. The normalized spacial score (nSPS) is 10.3. The van der Waals surface area contributed by atoms with Gasteiger partial charge in [0.05, 0.1) is 0 Å². The number of rotatable bonds is 3. The third kappa shape index (κ3) is 3.07. The highest BCUT2D eigenvalue weighted by Crippen LogP contribution is 2.17. The van der Waals surface area contributed by atoms with Crippen molar-refractivity contribution in [1.29, 1.82) is 0 Å². The Morgan fingerprint density at radius 2 is 2.00 bits per heavy atom. The first kappa shape index (κ1) is 12.6. The number of halogens is 2. The highest BCUT2D eigenvalue weighted by atomic mass is 79.9. The van der Waals surface area contributed by atoms with Crippen LogP contribution >= 0.6 is 15.9 Å². The number of anilines is 3. The molecule has 1 aromatic carbocycles. The Balaban J connectivity index is 2.13. The van der Waals surface area contributed by atoms with E-state index in [2.05, 4.69) is 31.2 Å². The molecule has 0 amide bonds. The number of nitrogens with one attached hydrogen (secondary N) is 1. The summed E-state index contributed by atoms with van der Waals surface area (Å²) < 4.78 is 14.3. The van der Waals surface area contributed by atoms with Crippen molar-refractivity contribution in [3.63, 3.8) is 0 Å². The van der Waals surface area contributed by atoms with Crippen LogP contribution in [-0.4, -0.2) is 9.97 Å². The van der Waals surface area contributed by atoms with E-state index in [1.54, 1.807) is 12.1 Å². The van der Waals surface area contributed by atoms with Gasteiger partial charge in [-0.05, 0) is 18.2 Å². The van der Waals surface area contributed by atoms with Crippen LogP contribution in [0.25, 0.3) is 0 Å². The number of hydrogen-bond acceptors (Lipinski definition) is 5. The molecule has 18 heavy (non-hydrogen) atoms. The molecule has 94 valence electrons. The third-order valence-electron chi connectivity index (χ3n) is 2.23. The zero-order chi connectivity index (χ0) is 13.1. The molecule has 5 nitrogen and oxygen atoms in total. The lowest BCUT2D eigenvalue weighted by atomic mass is 10.2. The molecule has 0 aliphatic rings. The van der Waals surface area contributed by atoms with Gasteiger partial charge < -0.3 is 16.8 Å². The van der Waals surface area contributed by atoms with Crippen LogP contribution in [0.2, 0.25) is 0 Å². The van der Waals surface area contributed by atoms with E-state index in [0.29, 0.717) is 11.4 Å². The molecule has 0 spiro atoms. The summed E-state index contributed by atoms with van der Waals surface area (Å²) in [6, 6.07) is 6.26. The second-order valence-corrected chi connectivity index (χ2v) is 4.54. The van der Waals surface area contributed by atoms with E-state index in [1.165, 1.54) is 12.1 Å². The molecule has 2 rings (SSSR count). The molecule has 0 fully saturated rings. The maximum absolute atomic E-state index is 13.5. The second kappa shape index (κ2) is 5.18. The van der Waals surface area contributed by atoms with Gasteiger partial charge in [-0.15, -0.1) is 0 Å². The summed E-state index contributed by atoms with van der Waals surface area (Å²) in [6.07, 6.45) is 0. The SMILES string of the molecule is Nc1cc(NCc2cc(Br)ccc2F)nc(N)n1. The highest BCUT2D eigenvalue weighted by Gasteiger charge is 2.04. The van der Waals surface area contributed by atoms with Crippen molar-refractivity contribution in [3.05, 3.63) is 40.1 Å². The number of nitrogens with zero attached hydrogens (tertiary/aromatic N) is 2. The zero-order valence-electron chi connectivity index (χ0n) is 9.32. The van der Waals surface area contributed by atoms with Gasteiger partial charge in [0.2, 0.25) is 5.95 Å². The van der Waals surface area contributed by atoms with Crippen LogP contribution < -0.4 is 16.8 Å². The fourth-order valence-corrected chi connectivity index (χ4v) is 1.85. The summed E-state index contributed by atoms with van der Waals surface area (Å²) in [5, 5.41) is 2.94. The lowest BCUT2D eigenvalue weighted by Gasteiger charge is -2.08. The molecule has 5 N–H and O–H groups in total.